The van der Waals surface area contributed by atoms with Gasteiger partial charge in [0.1, 0.15) is 10.4 Å². The Morgan fingerprint density at radius 3 is 2.42 bits per heavy atom. The fourth-order valence-corrected chi connectivity index (χ4v) is 4.04. The summed E-state index contributed by atoms with van der Waals surface area (Å²) in [4.78, 5) is 13.9. The number of anilines is 1. The summed E-state index contributed by atoms with van der Waals surface area (Å²) in [5.41, 5.74) is 1.90. The van der Waals surface area contributed by atoms with Gasteiger partial charge in [-0.05, 0) is 17.7 Å². The van der Waals surface area contributed by atoms with Gasteiger partial charge in [-0.25, -0.2) is 0 Å². The van der Waals surface area contributed by atoms with Crippen molar-refractivity contribution in [2.24, 2.45) is 0 Å². The second kappa shape index (κ2) is 6.16. The quantitative estimate of drug-likeness (QED) is 0.498. The Morgan fingerprint density at radius 2 is 1.71 bits per heavy atom. The van der Waals surface area contributed by atoms with E-state index in [4.69, 9.17) is 23.2 Å². The molecule has 0 spiro atoms. The summed E-state index contributed by atoms with van der Waals surface area (Å²) in [6, 6.07) is 16.8. The van der Waals surface area contributed by atoms with Crippen LogP contribution in [0.5, 0.6) is 0 Å². The molecule has 0 bridgehead atoms. The minimum atomic E-state index is -0.602. The number of nitrogens with zero attached hydrogens (tertiary/aromatic N) is 3. The first kappa shape index (κ1) is 15.6. The number of hydrogen-bond donors (Lipinski definition) is 0. The highest BCUT2D eigenvalue weighted by Crippen LogP contribution is 2.44. The van der Waals surface area contributed by atoms with Crippen LogP contribution >= 0.6 is 34.5 Å². The van der Waals surface area contributed by atoms with Gasteiger partial charge in [0.25, 0.3) is 0 Å². The molecule has 1 fully saturated rings. The monoisotopic (exact) mass is 375 g/mol. The molecule has 24 heavy (non-hydrogen) atoms. The number of β-lactam (4-membered cyclic amide) rings is 1. The standard InChI is InChI=1S/C17H11Cl2N3OS/c18-12-8-6-10(7-9-12)14-13(19)16(23)22(14)17-21-20-15(24-17)11-4-2-1-3-5-11/h1-9,13-14H. The number of aromatic nitrogens is 2. The molecular weight excluding hydrogens is 365 g/mol. The van der Waals surface area contributed by atoms with Gasteiger partial charge in [0.05, 0.1) is 6.04 Å². The molecule has 4 rings (SSSR count). The van der Waals surface area contributed by atoms with Crippen LogP contribution in [0.15, 0.2) is 54.6 Å². The summed E-state index contributed by atoms with van der Waals surface area (Å²) in [5, 5.41) is 9.75. The largest absolute Gasteiger partial charge is 0.276 e. The third kappa shape index (κ3) is 2.59. The maximum absolute atomic E-state index is 12.3. The SMILES string of the molecule is O=C1C(Cl)C(c2ccc(Cl)cc2)N1c1nnc(-c2ccccc2)s1. The highest BCUT2D eigenvalue weighted by molar-refractivity contribution is 7.18. The van der Waals surface area contributed by atoms with Crippen molar-refractivity contribution in [1.29, 1.82) is 0 Å². The Morgan fingerprint density at radius 1 is 1.00 bits per heavy atom. The first-order chi connectivity index (χ1) is 11.6. The first-order valence-corrected chi connectivity index (χ1v) is 8.90. The Balaban J connectivity index is 1.66. The van der Waals surface area contributed by atoms with Crippen LogP contribution < -0.4 is 4.90 Å². The van der Waals surface area contributed by atoms with E-state index in [1.54, 1.807) is 17.0 Å². The Kier molecular flexibility index (Phi) is 4.00. The van der Waals surface area contributed by atoms with E-state index >= 15 is 0 Å². The summed E-state index contributed by atoms with van der Waals surface area (Å²) in [6.45, 7) is 0. The Labute approximate surface area is 152 Å². The van der Waals surface area contributed by atoms with E-state index in [1.807, 2.05) is 42.5 Å². The predicted molar refractivity (Wildman–Crippen MR) is 96.7 cm³/mol. The molecule has 4 nitrogen and oxygen atoms in total. The molecule has 1 aliphatic heterocycles. The number of rotatable bonds is 3. The maximum Gasteiger partial charge on any atom is 0.250 e. The van der Waals surface area contributed by atoms with E-state index in [-0.39, 0.29) is 11.9 Å². The summed E-state index contributed by atoms with van der Waals surface area (Å²) in [7, 11) is 0. The molecule has 2 heterocycles. The van der Waals surface area contributed by atoms with Crippen LogP contribution in [0.25, 0.3) is 10.6 Å². The van der Waals surface area contributed by atoms with Gasteiger partial charge in [0.15, 0.2) is 0 Å². The zero-order valence-corrected chi connectivity index (χ0v) is 14.6. The molecular formula is C17H11Cl2N3OS. The lowest BCUT2D eigenvalue weighted by molar-refractivity contribution is -0.123. The zero-order chi connectivity index (χ0) is 16.7. The molecule has 1 saturated heterocycles. The molecule has 2 unspecified atom stereocenters. The van der Waals surface area contributed by atoms with Gasteiger partial charge < -0.3 is 0 Å². The third-order valence-corrected chi connectivity index (χ3v) is 5.53. The van der Waals surface area contributed by atoms with Gasteiger partial charge in [0.2, 0.25) is 11.0 Å². The number of amides is 1. The van der Waals surface area contributed by atoms with Gasteiger partial charge >= 0.3 is 0 Å². The van der Waals surface area contributed by atoms with Crippen LogP contribution in [0.1, 0.15) is 11.6 Å². The molecule has 3 aromatic rings. The summed E-state index contributed by atoms with van der Waals surface area (Å²) < 4.78 is 0. The first-order valence-electron chi connectivity index (χ1n) is 7.26. The number of halogens is 2. The second-order valence-electron chi connectivity index (χ2n) is 5.36. The van der Waals surface area contributed by atoms with Crippen LogP contribution in [-0.4, -0.2) is 21.5 Å². The minimum Gasteiger partial charge on any atom is -0.276 e. The lowest BCUT2D eigenvalue weighted by Gasteiger charge is -2.42. The summed E-state index contributed by atoms with van der Waals surface area (Å²) in [6.07, 6.45) is 0. The molecule has 7 heteroatoms. The Hall–Kier alpha value is -1.95. The molecule has 0 saturated carbocycles. The van der Waals surface area contributed by atoms with Crippen molar-refractivity contribution in [3.63, 3.8) is 0 Å². The van der Waals surface area contributed by atoms with Crippen LogP contribution in [0, 0.1) is 0 Å². The van der Waals surface area contributed by atoms with E-state index < -0.39 is 5.38 Å². The fourth-order valence-electron chi connectivity index (χ4n) is 2.66. The molecule has 0 N–H and O–H groups in total. The van der Waals surface area contributed by atoms with Gasteiger partial charge in [-0.2, -0.15) is 0 Å². The normalized spacial score (nSPS) is 20.1. The van der Waals surface area contributed by atoms with E-state index in [1.165, 1.54) is 11.3 Å². The average molecular weight is 376 g/mol. The summed E-state index contributed by atoms with van der Waals surface area (Å²) >= 11 is 13.5. The smallest absolute Gasteiger partial charge is 0.250 e. The number of alkyl halides is 1. The number of benzene rings is 2. The van der Waals surface area contributed by atoms with Crippen molar-refractivity contribution < 1.29 is 4.79 Å². The molecule has 0 aliphatic carbocycles. The van der Waals surface area contributed by atoms with Crippen molar-refractivity contribution in [3.05, 3.63) is 65.2 Å². The molecule has 1 amide bonds. The second-order valence-corrected chi connectivity index (χ2v) is 7.22. The molecule has 1 aliphatic rings. The van der Waals surface area contributed by atoms with Crippen LogP contribution in [0.2, 0.25) is 5.02 Å². The third-order valence-electron chi connectivity index (χ3n) is 3.88. The molecule has 1 aromatic heterocycles. The highest BCUT2D eigenvalue weighted by Gasteiger charge is 2.49. The number of hydrogen-bond acceptors (Lipinski definition) is 4. The van der Waals surface area contributed by atoms with E-state index in [0.29, 0.717) is 10.2 Å². The van der Waals surface area contributed by atoms with Gasteiger partial charge in [-0.1, -0.05) is 65.4 Å². The van der Waals surface area contributed by atoms with E-state index in [0.717, 1.165) is 16.1 Å². The Bertz CT molecular complexity index is 882. The number of carbonyl (C=O) groups is 1. The van der Waals surface area contributed by atoms with Crippen LogP contribution in [0.3, 0.4) is 0 Å². The molecule has 2 atom stereocenters. The molecule has 120 valence electrons. The maximum atomic E-state index is 12.3. The van der Waals surface area contributed by atoms with Crippen molar-refractivity contribution in [3.8, 4) is 10.6 Å². The van der Waals surface area contributed by atoms with Crippen LogP contribution in [0.4, 0.5) is 5.13 Å². The van der Waals surface area contributed by atoms with Crippen molar-refractivity contribution in [2.45, 2.75) is 11.4 Å². The zero-order valence-electron chi connectivity index (χ0n) is 12.3. The van der Waals surface area contributed by atoms with Crippen molar-refractivity contribution in [1.82, 2.24) is 10.2 Å². The van der Waals surface area contributed by atoms with E-state index in [2.05, 4.69) is 10.2 Å². The van der Waals surface area contributed by atoms with Crippen LogP contribution in [-0.2, 0) is 4.79 Å². The fraction of sp³-hybridized carbons (Fsp3) is 0.118. The van der Waals surface area contributed by atoms with Gasteiger partial charge in [0, 0.05) is 10.6 Å². The highest BCUT2D eigenvalue weighted by atomic mass is 35.5. The summed E-state index contributed by atoms with van der Waals surface area (Å²) in [5.74, 6) is -0.160. The molecule has 2 aromatic carbocycles. The average Bonchev–Trinajstić information content (AvgIpc) is 3.10. The lowest BCUT2D eigenvalue weighted by atomic mass is 9.94. The minimum absolute atomic E-state index is 0.160. The predicted octanol–water partition coefficient (Wildman–Crippen LogP) is 4.55. The topological polar surface area (TPSA) is 46.1 Å². The van der Waals surface area contributed by atoms with E-state index in [9.17, 15) is 4.79 Å². The van der Waals surface area contributed by atoms with Crippen molar-refractivity contribution in [2.75, 3.05) is 4.90 Å². The lowest BCUT2D eigenvalue weighted by Crippen LogP contribution is -2.56. The number of carbonyl (C=O) groups excluding carboxylic acids is 1. The van der Waals surface area contributed by atoms with Crippen molar-refractivity contribution >= 4 is 45.6 Å². The van der Waals surface area contributed by atoms with Gasteiger partial charge in [-0.15, -0.1) is 21.8 Å². The molecule has 0 radical (unpaired) electrons. The van der Waals surface area contributed by atoms with Gasteiger partial charge in [-0.3, -0.25) is 9.69 Å².